The van der Waals surface area contributed by atoms with E-state index in [1.807, 2.05) is 32.9 Å². The average molecular weight is 502 g/mol. The Hall–Kier alpha value is -2.65. The molecule has 0 bridgehead atoms. The molecular weight excluding hydrogens is 466 g/mol. The van der Waals surface area contributed by atoms with Crippen molar-refractivity contribution in [3.8, 4) is 0 Å². The van der Waals surface area contributed by atoms with Crippen LogP contribution in [0.5, 0.6) is 0 Å². The van der Waals surface area contributed by atoms with Gasteiger partial charge in [0.25, 0.3) is 0 Å². The Morgan fingerprint density at radius 3 is 2.17 bits per heavy atom. The van der Waals surface area contributed by atoms with Crippen molar-refractivity contribution in [2.24, 2.45) is 4.99 Å². The van der Waals surface area contributed by atoms with E-state index >= 15 is 0 Å². The van der Waals surface area contributed by atoms with Gasteiger partial charge in [-0.05, 0) is 96.3 Å². The van der Waals surface area contributed by atoms with Gasteiger partial charge < -0.3 is 9.64 Å². The molecule has 2 fully saturated rings. The Morgan fingerprint density at radius 1 is 1.03 bits per heavy atom. The minimum Gasteiger partial charge on any atom is -0.444 e. The number of piperidine rings is 1. The highest BCUT2D eigenvalue weighted by Gasteiger charge is 2.38. The maximum atomic E-state index is 12.9. The van der Waals surface area contributed by atoms with Gasteiger partial charge in [-0.25, -0.2) is 18.3 Å². The van der Waals surface area contributed by atoms with Crippen LogP contribution in [-0.4, -0.2) is 65.4 Å². The van der Waals surface area contributed by atoms with Gasteiger partial charge in [-0.15, -0.1) is 0 Å². The molecule has 2 heterocycles. The van der Waals surface area contributed by atoms with Gasteiger partial charge in [0, 0.05) is 30.1 Å². The zero-order chi connectivity index (χ0) is 25.5. The van der Waals surface area contributed by atoms with Crippen LogP contribution < -0.4 is 0 Å². The molecule has 35 heavy (non-hydrogen) atoms. The Morgan fingerprint density at radius 2 is 1.63 bits per heavy atom. The highest BCUT2D eigenvalue weighted by Crippen LogP contribution is 2.36. The smallest absolute Gasteiger partial charge is 0.410 e. The Kier molecular flexibility index (Phi) is 6.85. The number of hydroxylamine groups is 2. The van der Waals surface area contributed by atoms with Crippen LogP contribution in [0, 0.1) is 0 Å². The van der Waals surface area contributed by atoms with E-state index in [0.29, 0.717) is 60.8 Å². The summed E-state index contributed by atoms with van der Waals surface area (Å²) in [5.74, 6) is 0. The molecule has 0 radical (unpaired) electrons. The van der Waals surface area contributed by atoms with Crippen LogP contribution in [0.2, 0.25) is 0 Å². The second-order valence-corrected chi connectivity index (χ2v) is 12.8. The number of allylic oxidation sites excluding steroid dienone is 9. The summed E-state index contributed by atoms with van der Waals surface area (Å²) in [5, 5.41) is 11.0. The second kappa shape index (κ2) is 9.43. The molecule has 4 aliphatic rings. The van der Waals surface area contributed by atoms with Crippen molar-refractivity contribution in [1.29, 1.82) is 0 Å². The number of ether oxygens (including phenoxy) is 1. The lowest BCUT2D eigenvalue weighted by Crippen LogP contribution is -2.42. The Balaban J connectivity index is 1.61. The maximum Gasteiger partial charge on any atom is 0.410 e. The van der Waals surface area contributed by atoms with E-state index in [4.69, 9.17) is 9.73 Å². The first-order valence-corrected chi connectivity index (χ1v) is 13.7. The van der Waals surface area contributed by atoms with Gasteiger partial charge in [-0.2, -0.15) is 0 Å². The number of amides is 1. The van der Waals surface area contributed by atoms with Crippen LogP contribution in [0.4, 0.5) is 4.79 Å². The molecule has 1 saturated carbocycles. The normalized spacial score (nSPS) is 23.4. The largest absolute Gasteiger partial charge is 0.444 e. The summed E-state index contributed by atoms with van der Waals surface area (Å²) in [4.78, 5) is 19.4. The fraction of sp³-hybridized carbons (Fsp3) is 0.538. The number of carbonyl (C=O) groups is 1. The number of nitrogens with zero attached hydrogens (tertiary/aromatic N) is 3. The third kappa shape index (κ3) is 5.78. The zero-order valence-electron chi connectivity index (χ0n) is 21.1. The third-order valence-electron chi connectivity index (χ3n) is 6.41. The average Bonchev–Trinajstić information content (AvgIpc) is 3.63. The molecule has 0 unspecified atom stereocenters. The molecule has 1 amide bonds. The molecule has 0 spiro atoms. The molecule has 0 atom stereocenters. The van der Waals surface area contributed by atoms with Crippen molar-refractivity contribution in [1.82, 2.24) is 9.96 Å². The first kappa shape index (κ1) is 25.4. The Labute approximate surface area is 207 Å². The molecule has 190 valence electrons. The van der Waals surface area contributed by atoms with Gasteiger partial charge in [0.1, 0.15) is 5.60 Å². The summed E-state index contributed by atoms with van der Waals surface area (Å²) in [6.45, 7) is 10.3. The summed E-state index contributed by atoms with van der Waals surface area (Å²) in [6.07, 6.45) is 11.3. The summed E-state index contributed by atoms with van der Waals surface area (Å²) in [6, 6.07) is 0.00649. The van der Waals surface area contributed by atoms with E-state index in [1.54, 1.807) is 37.0 Å². The monoisotopic (exact) mass is 501 g/mol. The maximum absolute atomic E-state index is 12.9. The quantitative estimate of drug-likeness (QED) is 0.603. The van der Waals surface area contributed by atoms with Crippen LogP contribution >= 0.6 is 0 Å². The van der Waals surface area contributed by atoms with Crippen molar-refractivity contribution < 1.29 is 23.2 Å². The van der Waals surface area contributed by atoms with Gasteiger partial charge in [0.05, 0.1) is 21.9 Å². The fourth-order valence-corrected chi connectivity index (χ4v) is 6.04. The first-order valence-electron chi connectivity index (χ1n) is 12.1. The van der Waals surface area contributed by atoms with Crippen LogP contribution in [0.3, 0.4) is 0 Å². The molecule has 9 heteroatoms. The molecule has 1 saturated heterocycles. The van der Waals surface area contributed by atoms with Gasteiger partial charge in [-0.1, -0.05) is 0 Å². The number of likely N-dealkylation sites (tertiary alicyclic amines) is 1. The van der Waals surface area contributed by atoms with Gasteiger partial charge in [-0.3, -0.25) is 10.2 Å². The highest BCUT2D eigenvalue weighted by atomic mass is 32.2. The molecule has 1 N–H and O–H groups in total. The van der Waals surface area contributed by atoms with E-state index in [0.717, 1.165) is 16.2 Å². The molecular formula is C26H35N3O5S. The number of aliphatic imine (C=N–C) groups is 1. The summed E-state index contributed by atoms with van der Waals surface area (Å²) < 4.78 is 31.4. The molecule has 2 aliphatic heterocycles. The van der Waals surface area contributed by atoms with E-state index in [-0.39, 0.29) is 17.4 Å². The van der Waals surface area contributed by atoms with Crippen molar-refractivity contribution in [2.75, 3.05) is 13.1 Å². The lowest BCUT2D eigenvalue weighted by molar-refractivity contribution is -0.0195. The topological polar surface area (TPSA) is 99.5 Å². The molecule has 8 nitrogen and oxygen atoms in total. The van der Waals surface area contributed by atoms with Crippen molar-refractivity contribution in [3.05, 3.63) is 57.8 Å². The summed E-state index contributed by atoms with van der Waals surface area (Å²) in [7, 11) is -3.36. The van der Waals surface area contributed by atoms with E-state index in [1.165, 1.54) is 0 Å². The lowest BCUT2D eigenvalue weighted by atomic mass is 9.95. The zero-order valence-corrected chi connectivity index (χ0v) is 21.9. The van der Waals surface area contributed by atoms with Gasteiger partial charge in [0.2, 0.25) is 0 Å². The fourth-order valence-electron chi connectivity index (χ4n) is 4.36. The minimum absolute atomic E-state index is 0.00649. The minimum atomic E-state index is -3.36. The number of carbonyl (C=O) groups excluding carboxylic acids is 1. The van der Waals surface area contributed by atoms with Gasteiger partial charge in [0.15, 0.2) is 9.84 Å². The first-order chi connectivity index (χ1) is 16.3. The van der Waals surface area contributed by atoms with Crippen molar-refractivity contribution >= 4 is 21.6 Å². The summed E-state index contributed by atoms with van der Waals surface area (Å²) in [5.41, 5.74) is 3.01. The number of hydrogen-bond acceptors (Lipinski definition) is 7. The molecule has 4 rings (SSSR count). The van der Waals surface area contributed by atoms with Crippen LogP contribution in [0.15, 0.2) is 62.8 Å². The second-order valence-electron chi connectivity index (χ2n) is 10.6. The SMILES string of the molecule is CC1=CC(=C2C=C(S(=O)(=O)C3CC3)C=CC2=NC2CCN(C(=O)OC(C)(C)C)CC2)C=C(C)N1O. The lowest BCUT2D eigenvalue weighted by Gasteiger charge is -2.32. The third-order valence-corrected chi connectivity index (χ3v) is 8.67. The van der Waals surface area contributed by atoms with Gasteiger partial charge >= 0.3 is 6.09 Å². The van der Waals surface area contributed by atoms with Crippen molar-refractivity contribution in [2.45, 2.75) is 77.2 Å². The van der Waals surface area contributed by atoms with Crippen LogP contribution in [-0.2, 0) is 14.6 Å². The molecule has 0 aromatic carbocycles. The van der Waals surface area contributed by atoms with Crippen LogP contribution in [0.1, 0.15) is 60.3 Å². The van der Waals surface area contributed by atoms with Crippen molar-refractivity contribution in [3.63, 3.8) is 0 Å². The predicted octanol–water partition coefficient (Wildman–Crippen LogP) is 4.67. The number of hydrogen-bond donors (Lipinski definition) is 1. The predicted molar refractivity (Wildman–Crippen MR) is 136 cm³/mol. The van der Waals surface area contributed by atoms with E-state index in [2.05, 4.69) is 0 Å². The van der Waals surface area contributed by atoms with E-state index < -0.39 is 15.4 Å². The molecule has 2 aliphatic carbocycles. The highest BCUT2D eigenvalue weighted by molar-refractivity contribution is 7.96. The van der Waals surface area contributed by atoms with Crippen LogP contribution in [0.25, 0.3) is 0 Å². The standard InChI is InChI=1S/C26H35N3O5S/c1-17-14-19(15-18(2)29(17)31)23-16-22(35(32,33)21-6-7-21)8-9-24(23)27-20-10-12-28(13-11-20)25(30)34-26(3,4)5/h8-9,14-16,20-21,31H,6-7,10-13H2,1-5H3. The molecule has 0 aromatic heterocycles. The Bertz CT molecular complexity index is 1160. The number of rotatable bonds is 3. The molecule has 0 aromatic rings. The summed E-state index contributed by atoms with van der Waals surface area (Å²) >= 11 is 0. The number of sulfone groups is 1. The van der Waals surface area contributed by atoms with E-state index in [9.17, 15) is 18.4 Å².